The zero-order chi connectivity index (χ0) is 20.1. The molecule has 0 bridgehead atoms. The Morgan fingerprint density at radius 2 is 1.89 bits per heavy atom. The number of amides is 1. The molecule has 0 atom stereocenters. The number of halogens is 2. The van der Waals surface area contributed by atoms with Gasteiger partial charge in [0.1, 0.15) is 5.76 Å². The van der Waals surface area contributed by atoms with Crippen molar-refractivity contribution in [1.82, 2.24) is 9.62 Å². The number of sulfonamides is 1. The van der Waals surface area contributed by atoms with Crippen LogP contribution in [0.2, 0.25) is 10.0 Å². The van der Waals surface area contributed by atoms with Crippen LogP contribution in [-0.4, -0.2) is 31.2 Å². The molecule has 1 N–H and O–H groups in total. The van der Waals surface area contributed by atoms with Crippen molar-refractivity contribution in [2.24, 2.45) is 0 Å². The van der Waals surface area contributed by atoms with Crippen LogP contribution in [0.1, 0.15) is 37.9 Å². The maximum atomic E-state index is 13.2. The first-order valence-electron chi connectivity index (χ1n) is 9.13. The Labute approximate surface area is 174 Å². The average Bonchev–Trinajstić information content (AvgIpc) is 3.17. The number of nitrogens with one attached hydrogen (secondary N) is 1. The maximum absolute atomic E-state index is 13.2. The molecular weight excluding hydrogens is 423 g/mol. The lowest BCUT2D eigenvalue weighted by Gasteiger charge is -2.25. The lowest BCUT2D eigenvalue weighted by atomic mass is 9.95. The number of hydrogen-bond donors (Lipinski definition) is 1. The van der Waals surface area contributed by atoms with Crippen LogP contribution in [0.15, 0.2) is 45.9 Å². The maximum Gasteiger partial charge on any atom is 0.244 e. The standard InChI is InChI=1S/C19H22Cl2N2O4S/c20-17-9-8-16(11-18(17)21)28(25,26)23(12-15-7-4-10-27-15)13-19(24)22-14-5-2-1-3-6-14/h4,7-11,14H,1-3,5-6,12-13H2,(H,22,24). The van der Waals surface area contributed by atoms with Crippen molar-refractivity contribution >= 4 is 39.1 Å². The molecule has 1 fully saturated rings. The number of benzene rings is 1. The van der Waals surface area contributed by atoms with Gasteiger partial charge >= 0.3 is 0 Å². The van der Waals surface area contributed by atoms with Gasteiger partial charge in [-0.15, -0.1) is 0 Å². The summed E-state index contributed by atoms with van der Waals surface area (Å²) < 4.78 is 32.7. The fourth-order valence-electron chi connectivity index (χ4n) is 3.27. The van der Waals surface area contributed by atoms with Gasteiger partial charge in [-0.2, -0.15) is 4.31 Å². The van der Waals surface area contributed by atoms with E-state index in [4.69, 9.17) is 27.6 Å². The van der Waals surface area contributed by atoms with Crippen LogP contribution in [0, 0.1) is 0 Å². The van der Waals surface area contributed by atoms with Crippen molar-refractivity contribution in [3.8, 4) is 0 Å². The van der Waals surface area contributed by atoms with Crippen LogP contribution in [0.25, 0.3) is 0 Å². The molecule has 1 aromatic carbocycles. The van der Waals surface area contributed by atoms with Crippen LogP contribution in [0.4, 0.5) is 0 Å². The van der Waals surface area contributed by atoms with Crippen LogP contribution >= 0.6 is 23.2 Å². The van der Waals surface area contributed by atoms with Gasteiger partial charge in [0, 0.05) is 6.04 Å². The summed E-state index contributed by atoms with van der Waals surface area (Å²) in [6.07, 6.45) is 6.61. The third kappa shape index (κ3) is 5.29. The fraction of sp³-hybridized carbons (Fsp3) is 0.421. The molecule has 0 saturated heterocycles. The highest BCUT2D eigenvalue weighted by molar-refractivity contribution is 7.89. The van der Waals surface area contributed by atoms with Gasteiger partial charge in [0.15, 0.2) is 0 Å². The first kappa shape index (κ1) is 21.2. The van der Waals surface area contributed by atoms with Crippen LogP contribution in [0.5, 0.6) is 0 Å². The minimum Gasteiger partial charge on any atom is -0.468 e. The molecule has 28 heavy (non-hydrogen) atoms. The molecule has 1 aromatic heterocycles. The monoisotopic (exact) mass is 444 g/mol. The highest BCUT2D eigenvalue weighted by Crippen LogP contribution is 2.27. The summed E-state index contributed by atoms with van der Waals surface area (Å²) in [6.45, 7) is -0.368. The second-order valence-corrected chi connectivity index (χ2v) is 9.58. The predicted molar refractivity (Wildman–Crippen MR) is 108 cm³/mol. The van der Waals surface area contributed by atoms with E-state index in [1.165, 1.54) is 30.9 Å². The molecular formula is C19H22Cl2N2O4S. The molecule has 152 valence electrons. The molecule has 0 spiro atoms. The Bertz CT molecular complexity index is 910. The van der Waals surface area contributed by atoms with Gasteiger partial charge in [0.2, 0.25) is 15.9 Å². The Balaban J connectivity index is 1.81. The number of carbonyl (C=O) groups excluding carboxylic acids is 1. The number of nitrogens with zero attached hydrogens (tertiary/aromatic N) is 1. The number of furan rings is 1. The van der Waals surface area contributed by atoms with Gasteiger partial charge in [-0.25, -0.2) is 8.42 Å². The third-order valence-corrected chi connectivity index (χ3v) is 7.26. The zero-order valence-electron chi connectivity index (χ0n) is 15.2. The van der Waals surface area contributed by atoms with E-state index in [2.05, 4.69) is 5.32 Å². The SMILES string of the molecule is O=C(CN(Cc1ccco1)S(=O)(=O)c1ccc(Cl)c(Cl)c1)NC1CCCCC1. The molecule has 0 aliphatic heterocycles. The topological polar surface area (TPSA) is 79.6 Å². The molecule has 6 nitrogen and oxygen atoms in total. The van der Waals surface area contributed by atoms with Crippen LogP contribution in [-0.2, 0) is 21.4 Å². The first-order chi connectivity index (χ1) is 13.4. The molecule has 1 amide bonds. The van der Waals surface area contributed by atoms with Gasteiger partial charge in [0.05, 0.1) is 34.3 Å². The van der Waals surface area contributed by atoms with E-state index in [0.717, 1.165) is 30.0 Å². The van der Waals surface area contributed by atoms with E-state index in [9.17, 15) is 13.2 Å². The lowest BCUT2D eigenvalue weighted by Crippen LogP contribution is -2.44. The molecule has 1 heterocycles. The van der Waals surface area contributed by atoms with Crippen molar-refractivity contribution in [2.45, 2.75) is 49.6 Å². The van der Waals surface area contributed by atoms with Gasteiger partial charge < -0.3 is 9.73 Å². The van der Waals surface area contributed by atoms with Crippen molar-refractivity contribution in [3.05, 3.63) is 52.4 Å². The number of rotatable bonds is 7. The third-order valence-electron chi connectivity index (χ3n) is 4.73. The lowest BCUT2D eigenvalue weighted by molar-refractivity contribution is -0.122. The normalized spacial score (nSPS) is 15.7. The summed E-state index contributed by atoms with van der Waals surface area (Å²) in [7, 11) is -3.98. The Hall–Kier alpha value is -1.54. The van der Waals surface area contributed by atoms with Gasteiger partial charge in [-0.1, -0.05) is 42.5 Å². The fourth-order valence-corrected chi connectivity index (χ4v) is 5.02. The molecule has 2 aromatic rings. The summed E-state index contributed by atoms with van der Waals surface area (Å²) in [5.41, 5.74) is 0. The zero-order valence-corrected chi connectivity index (χ0v) is 17.6. The smallest absolute Gasteiger partial charge is 0.244 e. The molecule has 1 aliphatic rings. The Kier molecular flexibility index (Phi) is 7.04. The number of carbonyl (C=O) groups is 1. The molecule has 3 rings (SSSR count). The van der Waals surface area contributed by atoms with Crippen molar-refractivity contribution in [3.63, 3.8) is 0 Å². The molecule has 9 heteroatoms. The summed E-state index contributed by atoms with van der Waals surface area (Å²) in [5.74, 6) is 0.108. The molecule has 0 radical (unpaired) electrons. The molecule has 1 saturated carbocycles. The van der Waals surface area contributed by atoms with Crippen LogP contribution in [0.3, 0.4) is 0 Å². The molecule has 0 unspecified atom stereocenters. The van der Waals surface area contributed by atoms with Gasteiger partial charge in [0.25, 0.3) is 0 Å². The van der Waals surface area contributed by atoms with E-state index in [1.54, 1.807) is 12.1 Å². The average molecular weight is 445 g/mol. The Morgan fingerprint density at radius 3 is 2.54 bits per heavy atom. The van der Waals surface area contributed by atoms with E-state index >= 15 is 0 Å². The highest BCUT2D eigenvalue weighted by atomic mass is 35.5. The minimum atomic E-state index is -3.98. The predicted octanol–water partition coefficient (Wildman–Crippen LogP) is 4.23. The molecule has 1 aliphatic carbocycles. The summed E-state index contributed by atoms with van der Waals surface area (Å²) >= 11 is 11.9. The number of hydrogen-bond acceptors (Lipinski definition) is 4. The summed E-state index contributed by atoms with van der Waals surface area (Å²) in [4.78, 5) is 12.5. The van der Waals surface area contributed by atoms with Gasteiger partial charge in [-0.3, -0.25) is 4.79 Å². The largest absolute Gasteiger partial charge is 0.468 e. The van der Waals surface area contributed by atoms with Crippen molar-refractivity contribution in [2.75, 3.05) is 6.54 Å². The second-order valence-electron chi connectivity index (χ2n) is 6.83. The van der Waals surface area contributed by atoms with Crippen LogP contribution < -0.4 is 5.32 Å². The first-order valence-corrected chi connectivity index (χ1v) is 11.3. The van der Waals surface area contributed by atoms with E-state index in [-0.39, 0.29) is 40.0 Å². The quantitative estimate of drug-likeness (QED) is 0.692. The van der Waals surface area contributed by atoms with Crippen molar-refractivity contribution < 1.29 is 17.6 Å². The highest BCUT2D eigenvalue weighted by Gasteiger charge is 2.29. The van der Waals surface area contributed by atoms with Crippen molar-refractivity contribution in [1.29, 1.82) is 0 Å². The van der Waals surface area contributed by atoms with Gasteiger partial charge in [-0.05, 0) is 43.2 Å². The Morgan fingerprint density at radius 1 is 1.14 bits per heavy atom. The van der Waals surface area contributed by atoms with E-state index < -0.39 is 10.0 Å². The van der Waals surface area contributed by atoms with E-state index in [0.29, 0.717) is 5.76 Å². The van der Waals surface area contributed by atoms with E-state index in [1.807, 2.05) is 0 Å². The second kappa shape index (κ2) is 9.31. The minimum absolute atomic E-state index is 0.0288. The summed E-state index contributed by atoms with van der Waals surface area (Å²) in [5, 5.41) is 3.34. The summed E-state index contributed by atoms with van der Waals surface area (Å²) in [6, 6.07) is 7.51.